The van der Waals surface area contributed by atoms with E-state index in [1.807, 2.05) is 0 Å². The van der Waals surface area contributed by atoms with E-state index in [-0.39, 0.29) is 0 Å². The minimum Gasteiger partial charge on any atom is -0.442 e. The van der Waals surface area contributed by atoms with E-state index in [1.54, 1.807) is 20.8 Å². The number of hydrogen-bond acceptors (Lipinski definition) is 4. The smallest absolute Gasteiger partial charge is 0.438 e. The molecular formula is C11H14N2O3. The van der Waals surface area contributed by atoms with Crippen LogP contribution in [0, 0.1) is 0 Å². The lowest BCUT2D eigenvalue weighted by Crippen LogP contribution is -2.34. The van der Waals surface area contributed by atoms with Crippen LogP contribution < -0.4 is 5.56 Å². The van der Waals surface area contributed by atoms with Crippen molar-refractivity contribution in [2.24, 2.45) is 0 Å². The average molecular weight is 222 g/mol. The van der Waals surface area contributed by atoms with Crippen molar-refractivity contribution in [2.75, 3.05) is 0 Å². The monoisotopic (exact) mass is 222 g/mol. The highest BCUT2D eigenvalue weighted by Crippen LogP contribution is 2.07. The lowest BCUT2D eigenvalue weighted by molar-refractivity contribution is 0.0505. The van der Waals surface area contributed by atoms with Crippen molar-refractivity contribution in [3.63, 3.8) is 0 Å². The van der Waals surface area contributed by atoms with E-state index in [0.29, 0.717) is 10.2 Å². The molecule has 0 radical (unpaired) electrons. The first-order chi connectivity index (χ1) is 7.33. The van der Waals surface area contributed by atoms with Crippen LogP contribution in [0.15, 0.2) is 23.6 Å². The van der Waals surface area contributed by atoms with Gasteiger partial charge in [0.15, 0.2) is 0 Å². The molecule has 0 atom stereocenters. The third-order valence-electron chi connectivity index (χ3n) is 1.62. The van der Waals surface area contributed by atoms with E-state index in [4.69, 9.17) is 4.74 Å². The number of ether oxygens (including phenoxy) is 1. The summed E-state index contributed by atoms with van der Waals surface area (Å²) in [5.41, 5.74) is -0.633. The lowest BCUT2D eigenvalue weighted by Gasteiger charge is -2.18. The maximum absolute atomic E-state index is 11.5. The van der Waals surface area contributed by atoms with Gasteiger partial charge in [0.05, 0.1) is 6.20 Å². The summed E-state index contributed by atoms with van der Waals surface area (Å²) in [6, 6.07) is 1.27. The topological polar surface area (TPSA) is 61.2 Å². The van der Waals surface area contributed by atoms with Crippen molar-refractivity contribution >= 4 is 12.2 Å². The normalized spacial score (nSPS) is 10.9. The second-order valence-corrected chi connectivity index (χ2v) is 4.22. The highest BCUT2D eigenvalue weighted by molar-refractivity contribution is 5.69. The van der Waals surface area contributed by atoms with Gasteiger partial charge in [-0.25, -0.2) is 4.79 Å². The molecule has 0 aliphatic carbocycles. The summed E-state index contributed by atoms with van der Waals surface area (Å²) in [6.07, 6.45) is 2.07. The SMILES string of the molecule is C=Cc1cnn(C(=O)OC(C)(C)C)c(=O)c1. The van der Waals surface area contributed by atoms with E-state index < -0.39 is 17.3 Å². The van der Waals surface area contributed by atoms with E-state index in [2.05, 4.69) is 11.7 Å². The van der Waals surface area contributed by atoms with Gasteiger partial charge in [0.2, 0.25) is 0 Å². The summed E-state index contributed by atoms with van der Waals surface area (Å²) in [5.74, 6) is 0. The van der Waals surface area contributed by atoms with Crippen LogP contribution in [0.4, 0.5) is 4.79 Å². The summed E-state index contributed by atoms with van der Waals surface area (Å²) in [7, 11) is 0. The highest BCUT2D eigenvalue weighted by atomic mass is 16.6. The zero-order valence-corrected chi connectivity index (χ0v) is 9.56. The molecule has 5 nitrogen and oxygen atoms in total. The second kappa shape index (κ2) is 4.30. The standard InChI is InChI=1S/C11H14N2O3/c1-5-8-6-9(14)13(12-7-8)10(15)16-11(2,3)4/h5-7H,1H2,2-4H3. The first-order valence-corrected chi connectivity index (χ1v) is 4.78. The summed E-state index contributed by atoms with van der Waals surface area (Å²) in [5, 5.41) is 3.69. The molecule has 1 heterocycles. The Balaban J connectivity index is 3.02. The summed E-state index contributed by atoms with van der Waals surface area (Å²) < 4.78 is 5.69. The van der Waals surface area contributed by atoms with Crippen LogP contribution in [0.3, 0.4) is 0 Å². The van der Waals surface area contributed by atoms with Gasteiger partial charge in [0.25, 0.3) is 5.56 Å². The van der Waals surface area contributed by atoms with Crippen LogP contribution >= 0.6 is 0 Å². The molecule has 0 bridgehead atoms. The minimum atomic E-state index is -0.784. The highest BCUT2D eigenvalue weighted by Gasteiger charge is 2.19. The van der Waals surface area contributed by atoms with Crippen molar-refractivity contribution < 1.29 is 9.53 Å². The fraction of sp³-hybridized carbons (Fsp3) is 0.364. The molecule has 0 spiro atoms. The molecule has 0 fully saturated rings. The Hall–Kier alpha value is -1.91. The number of nitrogens with zero attached hydrogens (tertiary/aromatic N) is 2. The van der Waals surface area contributed by atoms with Crippen LogP contribution in [0.5, 0.6) is 0 Å². The van der Waals surface area contributed by atoms with Gasteiger partial charge in [-0.05, 0) is 26.3 Å². The van der Waals surface area contributed by atoms with Crippen molar-refractivity contribution in [3.05, 3.63) is 34.8 Å². The first kappa shape index (κ1) is 12.2. The molecule has 5 heteroatoms. The summed E-state index contributed by atoms with van der Waals surface area (Å²) in [6.45, 7) is 8.65. The second-order valence-electron chi connectivity index (χ2n) is 4.22. The molecule has 86 valence electrons. The van der Waals surface area contributed by atoms with Crippen molar-refractivity contribution in [2.45, 2.75) is 26.4 Å². The van der Waals surface area contributed by atoms with Crippen LogP contribution in [0.25, 0.3) is 6.08 Å². The quantitative estimate of drug-likeness (QED) is 0.725. The molecule has 0 saturated carbocycles. The molecule has 0 unspecified atom stereocenters. The molecule has 1 aromatic heterocycles. The molecule has 0 amide bonds. The van der Waals surface area contributed by atoms with E-state index >= 15 is 0 Å². The van der Waals surface area contributed by atoms with Gasteiger partial charge in [-0.15, -0.1) is 4.68 Å². The van der Waals surface area contributed by atoms with Gasteiger partial charge in [-0.3, -0.25) is 4.79 Å². The van der Waals surface area contributed by atoms with Crippen molar-refractivity contribution in [1.82, 2.24) is 9.78 Å². The molecule has 0 aromatic carbocycles. The van der Waals surface area contributed by atoms with Gasteiger partial charge < -0.3 is 4.74 Å². The fourth-order valence-corrected chi connectivity index (χ4v) is 0.976. The van der Waals surface area contributed by atoms with Gasteiger partial charge in [0, 0.05) is 6.07 Å². The van der Waals surface area contributed by atoms with E-state index in [9.17, 15) is 9.59 Å². The Labute approximate surface area is 93.4 Å². The molecule has 0 saturated heterocycles. The summed E-state index contributed by atoms with van der Waals surface area (Å²) in [4.78, 5) is 23.0. The van der Waals surface area contributed by atoms with E-state index in [0.717, 1.165) is 0 Å². The van der Waals surface area contributed by atoms with Crippen LogP contribution in [0.1, 0.15) is 26.3 Å². The number of rotatable bonds is 1. The Kier molecular flexibility index (Phi) is 3.27. The Bertz CT molecular complexity index is 469. The fourth-order valence-electron chi connectivity index (χ4n) is 0.976. The largest absolute Gasteiger partial charge is 0.442 e. The van der Waals surface area contributed by atoms with Crippen LogP contribution in [-0.4, -0.2) is 21.5 Å². The lowest BCUT2D eigenvalue weighted by atomic mass is 10.2. The zero-order chi connectivity index (χ0) is 12.3. The van der Waals surface area contributed by atoms with Crippen LogP contribution in [0.2, 0.25) is 0 Å². The molecule has 1 aromatic rings. The molecule has 0 aliphatic heterocycles. The Morgan fingerprint density at radius 1 is 1.56 bits per heavy atom. The molecule has 0 N–H and O–H groups in total. The van der Waals surface area contributed by atoms with Crippen LogP contribution in [-0.2, 0) is 4.74 Å². The number of hydrogen-bond donors (Lipinski definition) is 0. The zero-order valence-electron chi connectivity index (χ0n) is 9.56. The maximum atomic E-state index is 11.5. The third kappa shape index (κ3) is 3.05. The predicted molar refractivity (Wildman–Crippen MR) is 60.2 cm³/mol. The molecule has 0 aliphatic rings. The molecule has 16 heavy (non-hydrogen) atoms. The van der Waals surface area contributed by atoms with Gasteiger partial charge in [-0.1, -0.05) is 12.7 Å². The minimum absolute atomic E-state index is 0.536. The maximum Gasteiger partial charge on any atom is 0.438 e. The van der Waals surface area contributed by atoms with Crippen molar-refractivity contribution in [3.8, 4) is 0 Å². The number of carbonyl (C=O) groups excluding carboxylic acids is 1. The third-order valence-corrected chi connectivity index (χ3v) is 1.62. The first-order valence-electron chi connectivity index (χ1n) is 4.78. The molecular weight excluding hydrogens is 208 g/mol. The molecule has 1 rings (SSSR count). The Morgan fingerprint density at radius 2 is 2.19 bits per heavy atom. The number of aromatic nitrogens is 2. The van der Waals surface area contributed by atoms with E-state index in [1.165, 1.54) is 18.3 Å². The van der Waals surface area contributed by atoms with Gasteiger partial charge in [0.1, 0.15) is 5.60 Å². The average Bonchev–Trinajstić information content (AvgIpc) is 2.14. The Morgan fingerprint density at radius 3 is 2.62 bits per heavy atom. The van der Waals surface area contributed by atoms with Gasteiger partial charge >= 0.3 is 6.09 Å². The summed E-state index contributed by atoms with van der Waals surface area (Å²) >= 11 is 0. The number of carbonyl (C=O) groups is 1. The van der Waals surface area contributed by atoms with Crippen molar-refractivity contribution in [1.29, 1.82) is 0 Å². The predicted octanol–water partition coefficient (Wildman–Crippen LogP) is 1.67. The van der Waals surface area contributed by atoms with Gasteiger partial charge in [-0.2, -0.15) is 5.10 Å².